The van der Waals surface area contributed by atoms with Gasteiger partial charge in [-0.1, -0.05) is 23.7 Å². The Morgan fingerprint density at radius 1 is 0.912 bits per heavy atom. The van der Waals surface area contributed by atoms with Gasteiger partial charge in [-0.2, -0.15) is 24.9 Å². The lowest BCUT2D eigenvalue weighted by Crippen LogP contribution is -2.42. The zero-order valence-electron chi connectivity index (χ0n) is 18.1. The predicted molar refractivity (Wildman–Crippen MR) is 127 cm³/mol. The SMILES string of the molecule is CC(CCSCc1ccc(Cl)cc1)(Oc1ccc(Oc2ccc(C(F)(F)F)cc2)cc1)C(=O)O. The fraction of sp³-hybridized carbons (Fsp3) is 0.240. The van der Waals surface area contributed by atoms with Gasteiger partial charge in [-0.05, 0) is 78.9 Å². The van der Waals surface area contributed by atoms with Gasteiger partial charge in [0.25, 0.3) is 0 Å². The lowest BCUT2D eigenvalue weighted by Gasteiger charge is -2.26. The Morgan fingerprint density at radius 2 is 1.44 bits per heavy atom. The molecule has 1 atom stereocenters. The minimum Gasteiger partial charge on any atom is -0.478 e. The standard InChI is InChI=1S/C25H22ClF3O4S/c1-24(23(30)31,14-15-34-16-17-2-6-19(26)7-3-17)33-22-12-10-21(11-13-22)32-20-8-4-18(5-9-20)25(27,28)29/h2-13H,14-16H2,1H3,(H,30,31). The van der Waals surface area contributed by atoms with E-state index in [9.17, 15) is 23.1 Å². The van der Waals surface area contributed by atoms with Gasteiger partial charge in [0.05, 0.1) is 5.56 Å². The molecule has 9 heteroatoms. The van der Waals surface area contributed by atoms with Crippen molar-refractivity contribution in [3.8, 4) is 17.2 Å². The second-order valence-electron chi connectivity index (χ2n) is 7.66. The molecule has 34 heavy (non-hydrogen) atoms. The summed E-state index contributed by atoms with van der Waals surface area (Å²) in [6.07, 6.45) is -4.13. The summed E-state index contributed by atoms with van der Waals surface area (Å²) in [4.78, 5) is 11.9. The van der Waals surface area contributed by atoms with E-state index in [1.807, 2.05) is 24.3 Å². The van der Waals surface area contributed by atoms with Crippen LogP contribution < -0.4 is 9.47 Å². The highest BCUT2D eigenvalue weighted by atomic mass is 35.5. The van der Waals surface area contributed by atoms with Gasteiger partial charge in [0.15, 0.2) is 0 Å². The van der Waals surface area contributed by atoms with Crippen molar-refractivity contribution >= 4 is 29.3 Å². The first-order valence-corrected chi connectivity index (χ1v) is 11.8. The third-order valence-corrected chi connectivity index (χ3v) is 6.22. The van der Waals surface area contributed by atoms with Crippen LogP contribution in [0.2, 0.25) is 5.02 Å². The van der Waals surface area contributed by atoms with Gasteiger partial charge >= 0.3 is 12.1 Å². The van der Waals surface area contributed by atoms with Crippen LogP contribution >= 0.6 is 23.4 Å². The summed E-state index contributed by atoms with van der Waals surface area (Å²) in [6, 6.07) is 18.1. The number of benzene rings is 3. The first kappa shape index (κ1) is 25.8. The molecule has 3 rings (SSSR count). The maximum atomic E-state index is 12.7. The first-order chi connectivity index (χ1) is 16.0. The van der Waals surface area contributed by atoms with E-state index in [-0.39, 0.29) is 12.2 Å². The minimum absolute atomic E-state index is 0.245. The van der Waals surface area contributed by atoms with Crippen LogP contribution in [0.1, 0.15) is 24.5 Å². The Hall–Kier alpha value is -2.84. The van der Waals surface area contributed by atoms with Crippen molar-refractivity contribution in [2.24, 2.45) is 0 Å². The summed E-state index contributed by atoms with van der Waals surface area (Å²) in [7, 11) is 0. The highest BCUT2D eigenvalue weighted by Gasteiger charge is 2.35. The number of hydrogen-bond acceptors (Lipinski definition) is 4. The van der Waals surface area contributed by atoms with E-state index in [0.29, 0.717) is 22.3 Å². The number of alkyl halides is 3. The number of carbonyl (C=O) groups is 1. The summed E-state index contributed by atoms with van der Waals surface area (Å²) < 4.78 is 49.3. The average molecular weight is 511 g/mol. The molecule has 0 spiro atoms. The van der Waals surface area contributed by atoms with Gasteiger partial charge in [-0.3, -0.25) is 0 Å². The largest absolute Gasteiger partial charge is 0.478 e. The number of rotatable bonds is 10. The van der Waals surface area contributed by atoms with Gasteiger partial charge in [0, 0.05) is 17.2 Å². The van der Waals surface area contributed by atoms with Crippen LogP contribution in [0.5, 0.6) is 17.2 Å². The fourth-order valence-corrected chi connectivity index (χ4v) is 4.16. The highest BCUT2D eigenvalue weighted by molar-refractivity contribution is 7.98. The number of ether oxygens (including phenoxy) is 2. The number of carboxylic acids is 1. The molecular formula is C25H22ClF3O4S. The first-order valence-electron chi connectivity index (χ1n) is 10.2. The molecule has 1 N–H and O–H groups in total. The molecule has 0 saturated heterocycles. The Morgan fingerprint density at radius 3 is 1.97 bits per heavy atom. The van der Waals surface area contributed by atoms with Crippen molar-refractivity contribution < 1.29 is 32.5 Å². The monoisotopic (exact) mass is 510 g/mol. The Bertz CT molecular complexity index is 1090. The highest BCUT2D eigenvalue weighted by Crippen LogP contribution is 2.32. The summed E-state index contributed by atoms with van der Waals surface area (Å²) >= 11 is 7.48. The molecule has 4 nitrogen and oxygen atoms in total. The molecule has 0 aliphatic heterocycles. The smallest absolute Gasteiger partial charge is 0.416 e. The van der Waals surface area contributed by atoms with E-state index in [1.165, 1.54) is 19.1 Å². The van der Waals surface area contributed by atoms with Crippen LogP contribution in [0, 0.1) is 0 Å². The molecule has 3 aromatic rings. The molecule has 0 bridgehead atoms. The minimum atomic E-state index is -4.41. The van der Waals surface area contributed by atoms with Crippen molar-refractivity contribution in [2.45, 2.75) is 30.9 Å². The Kier molecular flexibility index (Phi) is 8.38. The van der Waals surface area contributed by atoms with Crippen molar-refractivity contribution in [3.05, 3.63) is 88.9 Å². The molecular weight excluding hydrogens is 489 g/mol. The van der Waals surface area contributed by atoms with Crippen LogP contribution in [0.25, 0.3) is 0 Å². The van der Waals surface area contributed by atoms with Crippen LogP contribution in [-0.4, -0.2) is 22.4 Å². The number of aliphatic carboxylic acids is 1. The summed E-state index contributed by atoms with van der Waals surface area (Å²) in [6.45, 7) is 1.52. The van der Waals surface area contributed by atoms with Gasteiger partial charge in [-0.25, -0.2) is 4.79 Å². The van der Waals surface area contributed by atoms with E-state index < -0.39 is 23.3 Å². The molecule has 0 radical (unpaired) electrons. The molecule has 180 valence electrons. The third-order valence-electron chi connectivity index (χ3n) is 4.94. The quantitative estimate of drug-likeness (QED) is 0.283. The van der Waals surface area contributed by atoms with Crippen LogP contribution in [-0.2, 0) is 16.7 Å². The lowest BCUT2D eigenvalue weighted by molar-refractivity contribution is -0.153. The zero-order valence-corrected chi connectivity index (χ0v) is 19.7. The predicted octanol–water partition coefficient (Wildman–Crippen LogP) is 7.70. The van der Waals surface area contributed by atoms with Gasteiger partial charge < -0.3 is 14.6 Å². The molecule has 0 saturated carbocycles. The van der Waals surface area contributed by atoms with Gasteiger partial charge in [-0.15, -0.1) is 0 Å². The van der Waals surface area contributed by atoms with E-state index >= 15 is 0 Å². The molecule has 3 aromatic carbocycles. The number of hydrogen-bond donors (Lipinski definition) is 1. The lowest BCUT2D eigenvalue weighted by atomic mass is 10.0. The second kappa shape index (κ2) is 11.1. The fourth-order valence-electron chi connectivity index (χ4n) is 2.92. The maximum Gasteiger partial charge on any atom is 0.416 e. The molecule has 0 heterocycles. The molecule has 0 fully saturated rings. The topological polar surface area (TPSA) is 55.8 Å². The van der Waals surface area contributed by atoms with Crippen LogP contribution in [0.15, 0.2) is 72.8 Å². The van der Waals surface area contributed by atoms with E-state index in [0.717, 1.165) is 23.4 Å². The maximum absolute atomic E-state index is 12.7. The second-order valence-corrected chi connectivity index (χ2v) is 9.20. The summed E-state index contributed by atoms with van der Waals surface area (Å²) in [5.41, 5.74) is -1.10. The van der Waals surface area contributed by atoms with Crippen molar-refractivity contribution in [3.63, 3.8) is 0 Å². The zero-order chi connectivity index (χ0) is 24.8. The Labute approximate surface area is 204 Å². The average Bonchev–Trinajstić information content (AvgIpc) is 2.79. The molecule has 0 aliphatic rings. The van der Waals surface area contributed by atoms with Gasteiger partial charge in [0.1, 0.15) is 17.2 Å². The van der Waals surface area contributed by atoms with E-state index in [1.54, 1.807) is 36.0 Å². The van der Waals surface area contributed by atoms with Crippen molar-refractivity contribution in [2.75, 3.05) is 5.75 Å². The molecule has 0 aromatic heterocycles. The van der Waals surface area contributed by atoms with Crippen molar-refractivity contribution in [1.82, 2.24) is 0 Å². The number of halogens is 4. The number of thioether (sulfide) groups is 1. The van der Waals surface area contributed by atoms with Gasteiger partial charge in [0.2, 0.25) is 5.60 Å². The van der Waals surface area contributed by atoms with Crippen LogP contribution in [0.3, 0.4) is 0 Å². The summed E-state index contributed by atoms with van der Waals surface area (Å²) in [5, 5.41) is 10.4. The van der Waals surface area contributed by atoms with Crippen molar-refractivity contribution in [1.29, 1.82) is 0 Å². The van der Waals surface area contributed by atoms with E-state index in [4.69, 9.17) is 21.1 Å². The van der Waals surface area contributed by atoms with Crippen LogP contribution in [0.4, 0.5) is 13.2 Å². The number of carboxylic acid groups (broad SMARTS) is 1. The summed E-state index contributed by atoms with van der Waals surface area (Å²) in [5.74, 6) is 1.18. The molecule has 0 amide bonds. The Balaban J connectivity index is 1.55. The third kappa shape index (κ3) is 7.33. The molecule has 0 aliphatic carbocycles. The molecule has 1 unspecified atom stereocenters. The normalized spacial score (nSPS) is 13.2. The van der Waals surface area contributed by atoms with E-state index in [2.05, 4.69) is 0 Å².